The minimum Gasteiger partial charge on any atom is -0.378 e. The Morgan fingerprint density at radius 1 is 1.07 bits per heavy atom. The van der Waals surface area contributed by atoms with Crippen molar-refractivity contribution < 1.29 is 31.5 Å². The SMILES string of the molecule is O=C(CSc1ccc(F)c(F)c1)Nc1ccc(N2CCOCC2)cc1C(F)(F)F. The van der Waals surface area contributed by atoms with Crippen LogP contribution in [0.5, 0.6) is 0 Å². The Balaban J connectivity index is 1.71. The normalized spacial score (nSPS) is 14.7. The van der Waals surface area contributed by atoms with Gasteiger partial charge in [-0.25, -0.2) is 8.78 Å². The maximum Gasteiger partial charge on any atom is 0.418 e. The highest BCUT2D eigenvalue weighted by molar-refractivity contribution is 8.00. The predicted molar refractivity (Wildman–Crippen MR) is 100 cm³/mol. The van der Waals surface area contributed by atoms with E-state index < -0.39 is 29.3 Å². The summed E-state index contributed by atoms with van der Waals surface area (Å²) in [4.78, 5) is 14.2. The summed E-state index contributed by atoms with van der Waals surface area (Å²) in [5.41, 5.74) is -0.909. The van der Waals surface area contributed by atoms with Crippen molar-refractivity contribution in [3.63, 3.8) is 0 Å². The molecule has 0 radical (unpaired) electrons. The smallest absolute Gasteiger partial charge is 0.378 e. The predicted octanol–water partition coefficient (Wildman–Crippen LogP) is 4.55. The molecule has 0 atom stereocenters. The fourth-order valence-corrected chi connectivity index (χ4v) is 3.52. The molecular formula is C19H17F5N2O2S. The summed E-state index contributed by atoms with van der Waals surface area (Å²) in [5, 5.41) is 2.25. The van der Waals surface area contributed by atoms with Gasteiger partial charge in [0.1, 0.15) is 0 Å². The van der Waals surface area contributed by atoms with E-state index in [-0.39, 0.29) is 16.3 Å². The van der Waals surface area contributed by atoms with Crippen molar-refractivity contribution in [3.05, 3.63) is 53.6 Å². The summed E-state index contributed by atoms with van der Waals surface area (Å²) >= 11 is 0.888. The van der Waals surface area contributed by atoms with Crippen LogP contribution in [0.25, 0.3) is 0 Å². The number of anilines is 2. The van der Waals surface area contributed by atoms with Gasteiger partial charge in [0.2, 0.25) is 5.91 Å². The summed E-state index contributed by atoms with van der Waals surface area (Å²) in [7, 11) is 0. The van der Waals surface area contributed by atoms with Gasteiger partial charge in [0, 0.05) is 23.7 Å². The molecule has 0 unspecified atom stereocenters. The number of nitrogens with one attached hydrogen (secondary N) is 1. The Hall–Kier alpha value is -2.33. The van der Waals surface area contributed by atoms with Gasteiger partial charge in [-0.05, 0) is 36.4 Å². The summed E-state index contributed by atoms with van der Waals surface area (Å²) in [6.07, 6.45) is -4.65. The van der Waals surface area contributed by atoms with E-state index in [4.69, 9.17) is 4.74 Å². The molecule has 4 nitrogen and oxygen atoms in total. The third kappa shape index (κ3) is 5.60. The summed E-state index contributed by atoms with van der Waals surface area (Å²) < 4.78 is 71.8. The van der Waals surface area contributed by atoms with Gasteiger partial charge in [-0.2, -0.15) is 13.2 Å². The summed E-state index contributed by atoms with van der Waals surface area (Å²) in [6.45, 7) is 1.82. The minimum absolute atomic E-state index is 0.256. The maximum atomic E-state index is 13.5. The van der Waals surface area contributed by atoms with Gasteiger partial charge in [0.05, 0.1) is 30.2 Å². The van der Waals surface area contributed by atoms with Crippen LogP contribution in [-0.4, -0.2) is 38.0 Å². The van der Waals surface area contributed by atoms with Crippen LogP contribution in [0.15, 0.2) is 41.3 Å². The molecule has 0 bridgehead atoms. The molecule has 1 amide bonds. The van der Waals surface area contributed by atoms with E-state index in [0.29, 0.717) is 32.0 Å². The Labute approximate surface area is 168 Å². The van der Waals surface area contributed by atoms with E-state index in [0.717, 1.165) is 30.0 Å². The molecule has 29 heavy (non-hydrogen) atoms. The van der Waals surface area contributed by atoms with Gasteiger partial charge < -0.3 is 15.0 Å². The van der Waals surface area contributed by atoms with Gasteiger partial charge in [-0.3, -0.25) is 4.79 Å². The van der Waals surface area contributed by atoms with Crippen molar-refractivity contribution in [2.75, 3.05) is 42.3 Å². The summed E-state index contributed by atoms with van der Waals surface area (Å²) in [5.74, 6) is -3.03. The highest BCUT2D eigenvalue weighted by Gasteiger charge is 2.34. The van der Waals surface area contributed by atoms with Crippen LogP contribution in [0.3, 0.4) is 0 Å². The number of thioether (sulfide) groups is 1. The summed E-state index contributed by atoms with van der Waals surface area (Å²) in [6, 6.07) is 6.86. The van der Waals surface area contributed by atoms with E-state index in [1.807, 2.05) is 0 Å². The average molecular weight is 432 g/mol. The molecule has 156 valence electrons. The first-order chi connectivity index (χ1) is 13.7. The lowest BCUT2D eigenvalue weighted by molar-refractivity contribution is -0.136. The second-order valence-electron chi connectivity index (χ2n) is 6.24. The number of hydrogen-bond donors (Lipinski definition) is 1. The molecule has 2 aromatic carbocycles. The number of nitrogens with zero attached hydrogens (tertiary/aromatic N) is 1. The standard InChI is InChI=1S/C19H17F5N2O2S/c20-15-3-2-13(10-16(15)21)29-11-18(27)25-17-4-1-12(9-14(17)19(22,23)24)26-5-7-28-8-6-26/h1-4,9-10H,5-8,11H2,(H,25,27). The van der Waals surface area contributed by atoms with E-state index in [1.165, 1.54) is 18.2 Å². The molecule has 1 heterocycles. The first-order valence-corrected chi connectivity index (χ1v) is 9.64. The number of ether oxygens (including phenoxy) is 1. The highest BCUT2D eigenvalue weighted by Crippen LogP contribution is 2.37. The van der Waals surface area contributed by atoms with Crippen molar-refractivity contribution in [2.45, 2.75) is 11.1 Å². The van der Waals surface area contributed by atoms with Gasteiger partial charge in [-0.15, -0.1) is 11.8 Å². The lowest BCUT2D eigenvalue weighted by Gasteiger charge is -2.29. The lowest BCUT2D eigenvalue weighted by atomic mass is 10.1. The molecule has 1 aliphatic heterocycles. The average Bonchev–Trinajstić information content (AvgIpc) is 2.69. The molecular weight excluding hydrogens is 415 g/mol. The molecule has 10 heteroatoms. The van der Waals surface area contributed by atoms with Crippen LogP contribution in [0.1, 0.15) is 5.56 Å². The molecule has 1 fully saturated rings. The molecule has 0 aliphatic carbocycles. The molecule has 3 rings (SSSR count). The first-order valence-electron chi connectivity index (χ1n) is 8.65. The second-order valence-corrected chi connectivity index (χ2v) is 7.29. The largest absolute Gasteiger partial charge is 0.418 e. The van der Waals surface area contributed by atoms with E-state index in [2.05, 4.69) is 5.32 Å². The van der Waals surface area contributed by atoms with Crippen LogP contribution < -0.4 is 10.2 Å². The lowest BCUT2D eigenvalue weighted by Crippen LogP contribution is -2.36. The maximum absolute atomic E-state index is 13.5. The third-order valence-corrected chi connectivity index (χ3v) is 5.21. The molecule has 1 saturated heterocycles. The van der Waals surface area contributed by atoms with Crippen molar-refractivity contribution in [1.82, 2.24) is 0 Å². The molecule has 2 aromatic rings. The minimum atomic E-state index is -4.65. The fraction of sp³-hybridized carbons (Fsp3) is 0.316. The number of halogens is 5. The van der Waals surface area contributed by atoms with Crippen LogP contribution in [0.4, 0.5) is 33.3 Å². The molecule has 1 aliphatic rings. The Kier molecular flexibility index (Phi) is 6.63. The Morgan fingerprint density at radius 2 is 1.79 bits per heavy atom. The van der Waals surface area contributed by atoms with Crippen molar-refractivity contribution in [3.8, 4) is 0 Å². The molecule has 1 N–H and O–H groups in total. The van der Waals surface area contributed by atoms with E-state index >= 15 is 0 Å². The second kappa shape index (κ2) is 9.00. The van der Waals surface area contributed by atoms with Gasteiger partial charge in [0.15, 0.2) is 11.6 Å². The third-order valence-electron chi connectivity index (χ3n) is 4.22. The zero-order valence-corrected chi connectivity index (χ0v) is 15.9. The highest BCUT2D eigenvalue weighted by atomic mass is 32.2. The number of carbonyl (C=O) groups is 1. The fourth-order valence-electron chi connectivity index (χ4n) is 2.80. The number of hydrogen-bond acceptors (Lipinski definition) is 4. The number of amides is 1. The van der Waals surface area contributed by atoms with Gasteiger partial charge in [-0.1, -0.05) is 0 Å². The monoisotopic (exact) mass is 432 g/mol. The zero-order chi connectivity index (χ0) is 21.0. The van der Waals surface area contributed by atoms with Gasteiger partial charge >= 0.3 is 6.18 Å². The molecule has 0 saturated carbocycles. The van der Waals surface area contributed by atoms with Crippen LogP contribution in [0.2, 0.25) is 0 Å². The van der Waals surface area contributed by atoms with Crippen molar-refractivity contribution in [1.29, 1.82) is 0 Å². The Bertz CT molecular complexity index is 885. The van der Waals surface area contributed by atoms with E-state index in [1.54, 1.807) is 4.90 Å². The number of morpholine rings is 1. The number of alkyl halides is 3. The molecule has 0 aromatic heterocycles. The number of carbonyl (C=O) groups excluding carboxylic acids is 1. The molecule has 0 spiro atoms. The Morgan fingerprint density at radius 3 is 2.45 bits per heavy atom. The van der Waals surface area contributed by atoms with Crippen LogP contribution in [0, 0.1) is 11.6 Å². The number of rotatable bonds is 5. The number of benzene rings is 2. The van der Waals surface area contributed by atoms with Crippen LogP contribution >= 0.6 is 11.8 Å². The van der Waals surface area contributed by atoms with Crippen molar-refractivity contribution >= 4 is 29.0 Å². The first kappa shape index (κ1) is 21.4. The van der Waals surface area contributed by atoms with Crippen LogP contribution in [-0.2, 0) is 15.7 Å². The quantitative estimate of drug-likeness (QED) is 0.556. The zero-order valence-electron chi connectivity index (χ0n) is 15.1. The van der Waals surface area contributed by atoms with E-state index in [9.17, 15) is 26.7 Å². The topological polar surface area (TPSA) is 41.6 Å². The van der Waals surface area contributed by atoms with Crippen molar-refractivity contribution in [2.24, 2.45) is 0 Å². The van der Waals surface area contributed by atoms with Gasteiger partial charge in [0.25, 0.3) is 0 Å².